The largest absolute Gasteiger partial charge is 0.433 e. The summed E-state index contributed by atoms with van der Waals surface area (Å²) in [6, 6.07) is 7.21. The van der Waals surface area contributed by atoms with Crippen LogP contribution >= 0.6 is 23.4 Å². The molecule has 4 rings (SSSR count). The molecule has 10 heteroatoms. The van der Waals surface area contributed by atoms with E-state index < -0.39 is 23.4 Å². The van der Waals surface area contributed by atoms with Crippen molar-refractivity contribution in [3.8, 4) is 11.3 Å². The molecule has 3 atom stereocenters. The zero-order valence-corrected chi connectivity index (χ0v) is 15.1. The first-order valence-corrected chi connectivity index (χ1v) is 9.24. The SMILES string of the molecule is O=C1C[C@H](Sc2nc(-c3ccc(Cl)cc3)cc(C(F)(F)F)n2)[C@H]2CO[C@@H]1O2. The summed E-state index contributed by atoms with van der Waals surface area (Å²) in [7, 11) is 0. The number of thioether (sulfide) groups is 1. The third-order valence-electron chi connectivity index (χ3n) is 4.18. The first-order chi connectivity index (χ1) is 12.8. The molecular formula is C17H12ClF3N2O3S. The fraction of sp³-hybridized carbons (Fsp3) is 0.353. The highest BCUT2D eigenvalue weighted by atomic mass is 35.5. The number of ketones is 1. The van der Waals surface area contributed by atoms with Crippen molar-refractivity contribution in [1.82, 2.24) is 9.97 Å². The van der Waals surface area contributed by atoms with Crippen LogP contribution in [-0.4, -0.2) is 40.0 Å². The van der Waals surface area contributed by atoms with E-state index in [0.717, 1.165) is 17.8 Å². The molecule has 1 aromatic heterocycles. The Hall–Kier alpha value is -1.68. The fourth-order valence-corrected chi connectivity index (χ4v) is 4.09. The van der Waals surface area contributed by atoms with Crippen LogP contribution in [0, 0.1) is 0 Å². The average Bonchev–Trinajstić information content (AvgIpc) is 3.05. The normalized spacial score (nSPS) is 25.0. The highest BCUT2D eigenvalue weighted by molar-refractivity contribution is 7.99. The van der Waals surface area contributed by atoms with Gasteiger partial charge in [0.1, 0.15) is 5.69 Å². The zero-order valence-electron chi connectivity index (χ0n) is 13.6. The summed E-state index contributed by atoms with van der Waals surface area (Å²) in [6.07, 6.45) is -5.73. The summed E-state index contributed by atoms with van der Waals surface area (Å²) in [4.78, 5) is 19.8. The third kappa shape index (κ3) is 3.96. The predicted octanol–water partition coefficient (Wildman–Crippen LogP) is 3.99. The van der Waals surface area contributed by atoms with Crippen LogP contribution in [0.4, 0.5) is 13.2 Å². The Kier molecular flexibility index (Phi) is 4.87. The number of rotatable bonds is 3. The number of carbonyl (C=O) groups is 1. The van der Waals surface area contributed by atoms with Gasteiger partial charge in [0.15, 0.2) is 10.9 Å². The van der Waals surface area contributed by atoms with Crippen LogP contribution in [0.2, 0.25) is 5.02 Å². The van der Waals surface area contributed by atoms with Crippen molar-refractivity contribution in [3.63, 3.8) is 0 Å². The minimum absolute atomic E-state index is 0.0680. The quantitative estimate of drug-likeness (QED) is 0.705. The van der Waals surface area contributed by atoms with E-state index in [4.69, 9.17) is 21.1 Å². The van der Waals surface area contributed by atoms with Crippen molar-refractivity contribution in [1.29, 1.82) is 0 Å². The molecule has 5 nitrogen and oxygen atoms in total. The number of carbonyl (C=O) groups excluding carboxylic acids is 1. The molecule has 0 radical (unpaired) electrons. The Morgan fingerprint density at radius 1 is 1.19 bits per heavy atom. The van der Waals surface area contributed by atoms with Crippen LogP contribution in [0.5, 0.6) is 0 Å². The lowest BCUT2D eigenvalue weighted by Crippen LogP contribution is -2.37. The third-order valence-corrected chi connectivity index (χ3v) is 5.60. The number of ether oxygens (including phenoxy) is 2. The molecule has 1 aromatic carbocycles. The lowest BCUT2D eigenvalue weighted by molar-refractivity contribution is -0.151. The summed E-state index contributed by atoms with van der Waals surface area (Å²) in [5.74, 6) is -0.230. The fourth-order valence-electron chi connectivity index (χ4n) is 2.85. The number of nitrogens with zero attached hydrogens (tertiary/aromatic N) is 2. The number of fused-ring (bicyclic) bond motifs is 2. The van der Waals surface area contributed by atoms with Gasteiger partial charge in [0.05, 0.1) is 18.4 Å². The van der Waals surface area contributed by atoms with Crippen molar-refractivity contribution < 1.29 is 27.4 Å². The summed E-state index contributed by atoms with van der Waals surface area (Å²) in [6.45, 7) is 0.219. The molecule has 0 spiro atoms. The maximum absolute atomic E-state index is 13.3. The molecule has 2 bridgehead atoms. The molecule has 0 aliphatic carbocycles. The molecule has 0 saturated carbocycles. The number of aromatic nitrogens is 2. The number of alkyl halides is 3. The van der Waals surface area contributed by atoms with Gasteiger partial charge in [0.2, 0.25) is 6.29 Å². The average molecular weight is 417 g/mol. The highest BCUT2D eigenvalue weighted by Crippen LogP contribution is 2.38. The van der Waals surface area contributed by atoms with Gasteiger partial charge in [-0.2, -0.15) is 13.2 Å². The summed E-state index contributed by atoms with van der Waals surface area (Å²) in [5.41, 5.74) is -0.442. The van der Waals surface area contributed by atoms with Gasteiger partial charge < -0.3 is 9.47 Å². The Bertz CT molecular complexity index is 879. The van der Waals surface area contributed by atoms with Crippen molar-refractivity contribution >= 4 is 29.1 Å². The molecular weight excluding hydrogens is 405 g/mol. The number of Topliss-reactive ketones (excluding diaryl/α,β-unsaturated/α-hetero) is 1. The van der Waals surface area contributed by atoms with Gasteiger partial charge in [0.25, 0.3) is 0 Å². The molecule has 2 aliphatic rings. The van der Waals surface area contributed by atoms with E-state index in [1.807, 2.05) is 0 Å². The van der Waals surface area contributed by atoms with Crippen LogP contribution < -0.4 is 0 Å². The molecule has 2 aromatic rings. The van der Waals surface area contributed by atoms with Gasteiger partial charge in [-0.3, -0.25) is 4.79 Å². The lowest BCUT2D eigenvalue weighted by Gasteiger charge is -2.25. The van der Waals surface area contributed by atoms with Crippen LogP contribution in [-0.2, 0) is 20.4 Å². The second-order valence-electron chi connectivity index (χ2n) is 6.09. The standard InChI is InChI=1S/C17H12ClF3N2O3S/c18-9-3-1-8(2-4-9)10-5-14(17(19,20)21)23-16(22-10)27-13-6-11(24)15-25-7-12(13)26-15/h1-5,12-13,15H,6-7H2/t12-,13+,15-/m1/s1. The van der Waals surface area contributed by atoms with E-state index in [1.165, 1.54) is 0 Å². The maximum atomic E-state index is 13.3. The number of halogens is 4. The molecule has 0 N–H and O–H groups in total. The summed E-state index contributed by atoms with van der Waals surface area (Å²) < 4.78 is 50.6. The second kappa shape index (κ2) is 7.05. The van der Waals surface area contributed by atoms with Crippen LogP contribution in [0.1, 0.15) is 12.1 Å². The number of benzene rings is 1. The van der Waals surface area contributed by atoms with Gasteiger partial charge >= 0.3 is 6.18 Å². The van der Waals surface area contributed by atoms with Crippen molar-refractivity contribution in [2.75, 3.05) is 6.61 Å². The lowest BCUT2D eigenvalue weighted by atomic mass is 10.1. The van der Waals surface area contributed by atoms with Gasteiger partial charge in [0, 0.05) is 22.3 Å². The minimum atomic E-state index is -4.63. The van der Waals surface area contributed by atoms with E-state index in [2.05, 4.69) is 9.97 Å². The van der Waals surface area contributed by atoms with Gasteiger partial charge in [-0.15, -0.1) is 0 Å². The van der Waals surface area contributed by atoms with E-state index >= 15 is 0 Å². The number of hydrogen-bond acceptors (Lipinski definition) is 6. The summed E-state index contributed by atoms with van der Waals surface area (Å²) >= 11 is 6.83. The smallest absolute Gasteiger partial charge is 0.343 e. The molecule has 2 fully saturated rings. The molecule has 0 amide bonds. The van der Waals surface area contributed by atoms with Gasteiger partial charge in [-0.1, -0.05) is 35.5 Å². The Labute approximate surface area is 161 Å². The van der Waals surface area contributed by atoms with Crippen molar-refractivity contribution in [3.05, 3.63) is 41.0 Å². The van der Waals surface area contributed by atoms with E-state index in [9.17, 15) is 18.0 Å². The molecule has 27 heavy (non-hydrogen) atoms. The first kappa shape index (κ1) is 18.7. The Morgan fingerprint density at radius 2 is 1.93 bits per heavy atom. The second-order valence-corrected chi connectivity index (χ2v) is 7.73. The first-order valence-electron chi connectivity index (χ1n) is 7.98. The minimum Gasteiger partial charge on any atom is -0.343 e. The molecule has 0 unspecified atom stereocenters. The molecule has 3 heterocycles. The summed E-state index contributed by atoms with van der Waals surface area (Å²) in [5, 5.41) is -0.00793. The van der Waals surface area contributed by atoms with Gasteiger partial charge in [-0.25, -0.2) is 9.97 Å². The van der Waals surface area contributed by atoms with Crippen LogP contribution in [0.25, 0.3) is 11.3 Å². The molecule has 142 valence electrons. The molecule has 2 aliphatic heterocycles. The highest BCUT2D eigenvalue weighted by Gasteiger charge is 2.44. The van der Waals surface area contributed by atoms with Gasteiger partial charge in [-0.05, 0) is 18.2 Å². The Morgan fingerprint density at radius 3 is 2.63 bits per heavy atom. The monoisotopic (exact) mass is 416 g/mol. The zero-order chi connectivity index (χ0) is 19.2. The van der Waals surface area contributed by atoms with E-state index in [1.54, 1.807) is 24.3 Å². The molecule has 2 saturated heterocycles. The van der Waals surface area contributed by atoms with E-state index in [-0.39, 0.29) is 35.8 Å². The topological polar surface area (TPSA) is 61.3 Å². The predicted molar refractivity (Wildman–Crippen MR) is 91.4 cm³/mol. The van der Waals surface area contributed by atoms with E-state index in [0.29, 0.717) is 10.6 Å². The Balaban J connectivity index is 1.68. The van der Waals surface area contributed by atoms with Crippen molar-refractivity contribution in [2.45, 2.75) is 35.4 Å². The number of hydrogen-bond donors (Lipinski definition) is 0. The van der Waals surface area contributed by atoms with Crippen molar-refractivity contribution in [2.24, 2.45) is 0 Å². The van der Waals surface area contributed by atoms with Crippen LogP contribution in [0.3, 0.4) is 0 Å². The maximum Gasteiger partial charge on any atom is 0.433 e. The van der Waals surface area contributed by atoms with Crippen LogP contribution in [0.15, 0.2) is 35.5 Å².